The van der Waals surface area contributed by atoms with Crippen molar-refractivity contribution in [1.29, 1.82) is 0 Å². The molecule has 0 aliphatic carbocycles. The summed E-state index contributed by atoms with van der Waals surface area (Å²) in [7, 11) is 0. The van der Waals surface area contributed by atoms with E-state index in [4.69, 9.17) is 0 Å². The van der Waals surface area contributed by atoms with Gasteiger partial charge < -0.3 is 0 Å². The van der Waals surface area contributed by atoms with Crippen LogP contribution in [0.3, 0.4) is 0 Å². The molecule has 0 radical (unpaired) electrons. The summed E-state index contributed by atoms with van der Waals surface area (Å²) in [6.45, 7) is 4.59. The van der Waals surface area contributed by atoms with Gasteiger partial charge in [-0.15, -0.1) is 0 Å². The maximum Gasteiger partial charge on any atom is 0.230 e. The van der Waals surface area contributed by atoms with Crippen LogP contribution in [-0.2, 0) is 4.79 Å². The third-order valence-corrected chi connectivity index (χ3v) is 1.67. The van der Waals surface area contributed by atoms with Crippen LogP contribution >= 0.6 is 0 Å². The van der Waals surface area contributed by atoms with Gasteiger partial charge in [-0.2, -0.15) is 0 Å². The van der Waals surface area contributed by atoms with E-state index in [1.54, 1.807) is 0 Å². The van der Waals surface area contributed by atoms with Crippen molar-refractivity contribution in [3.63, 3.8) is 0 Å². The topological polar surface area (TPSA) is 41.1 Å². The molecule has 0 saturated carbocycles. The minimum absolute atomic E-state index is 0.0245. The van der Waals surface area contributed by atoms with Gasteiger partial charge in [0.2, 0.25) is 5.91 Å². The molecule has 12 heavy (non-hydrogen) atoms. The van der Waals surface area contributed by atoms with Crippen LogP contribution < -0.4 is 10.9 Å². The van der Waals surface area contributed by atoms with Gasteiger partial charge >= 0.3 is 0 Å². The summed E-state index contributed by atoms with van der Waals surface area (Å²) in [5.41, 5.74) is 5.41. The zero-order valence-corrected chi connectivity index (χ0v) is 8.15. The second-order valence-corrected chi connectivity index (χ2v) is 3.02. The number of hydrogen-bond donors (Lipinski definition) is 2. The zero-order chi connectivity index (χ0) is 9.23. The number of hydrazine groups is 1. The highest BCUT2D eigenvalue weighted by Gasteiger charge is 1.89. The number of carbonyl (C=O) groups excluding carboxylic acids is 1. The van der Waals surface area contributed by atoms with Crippen LogP contribution in [0.1, 0.15) is 46.0 Å². The third kappa shape index (κ3) is 9.43. The third-order valence-electron chi connectivity index (χ3n) is 1.67. The van der Waals surface area contributed by atoms with Crippen LogP contribution in [-0.4, -0.2) is 12.5 Å². The fourth-order valence-corrected chi connectivity index (χ4v) is 1.00. The molecule has 0 spiro atoms. The number of unbranched alkanes of at least 4 members (excludes halogenated alkanes) is 4. The number of rotatable bonds is 7. The molecule has 0 unspecified atom stereocenters. The van der Waals surface area contributed by atoms with Gasteiger partial charge in [-0.25, -0.2) is 5.43 Å². The van der Waals surface area contributed by atoms with E-state index in [0.717, 1.165) is 13.0 Å². The Labute approximate surface area is 74.9 Å². The standard InChI is InChI=1S/C9H20N2O/c1-3-4-5-6-7-8-10-11-9(2)12/h10H,3-8H2,1-2H3,(H,11,12). The minimum Gasteiger partial charge on any atom is -0.292 e. The SMILES string of the molecule is CCCCCCCNNC(C)=O. The first-order valence-corrected chi connectivity index (χ1v) is 4.76. The molecule has 0 aliphatic rings. The second kappa shape index (κ2) is 8.53. The molecule has 0 aromatic rings. The fraction of sp³-hybridized carbons (Fsp3) is 0.889. The lowest BCUT2D eigenvalue weighted by atomic mass is 10.2. The van der Waals surface area contributed by atoms with Crippen molar-refractivity contribution in [1.82, 2.24) is 10.9 Å². The summed E-state index contributed by atoms with van der Waals surface area (Å²) in [5, 5.41) is 0. The van der Waals surface area contributed by atoms with Crippen LogP contribution in [0.5, 0.6) is 0 Å². The fourth-order valence-electron chi connectivity index (χ4n) is 1.00. The highest BCUT2D eigenvalue weighted by molar-refractivity contribution is 5.72. The Morgan fingerprint density at radius 3 is 2.42 bits per heavy atom. The summed E-state index contributed by atoms with van der Waals surface area (Å²) >= 11 is 0. The lowest BCUT2D eigenvalue weighted by Crippen LogP contribution is -2.36. The quantitative estimate of drug-likeness (QED) is 0.452. The summed E-state index contributed by atoms with van der Waals surface area (Å²) < 4.78 is 0. The molecule has 0 saturated heterocycles. The Balaban J connectivity index is 2.86. The van der Waals surface area contributed by atoms with Gasteiger partial charge in [0.25, 0.3) is 0 Å². The lowest BCUT2D eigenvalue weighted by Gasteiger charge is -2.03. The van der Waals surface area contributed by atoms with E-state index in [1.165, 1.54) is 32.6 Å². The van der Waals surface area contributed by atoms with Crippen molar-refractivity contribution in [2.75, 3.05) is 6.54 Å². The zero-order valence-electron chi connectivity index (χ0n) is 8.15. The molecule has 0 atom stereocenters. The first-order chi connectivity index (χ1) is 5.77. The molecule has 2 N–H and O–H groups in total. The van der Waals surface area contributed by atoms with Crippen molar-refractivity contribution in [3.05, 3.63) is 0 Å². The first kappa shape index (κ1) is 11.4. The molecule has 3 heteroatoms. The van der Waals surface area contributed by atoms with Gasteiger partial charge in [-0.3, -0.25) is 10.2 Å². The highest BCUT2D eigenvalue weighted by atomic mass is 16.2. The average molecular weight is 172 g/mol. The minimum atomic E-state index is -0.0245. The summed E-state index contributed by atoms with van der Waals surface area (Å²) in [5.74, 6) is -0.0245. The molecule has 1 amide bonds. The van der Waals surface area contributed by atoms with E-state index >= 15 is 0 Å². The summed E-state index contributed by atoms with van der Waals surface area (Å²) in [4.78, 5) is 10.4. The van der Waals surface area contributed by atoms with Gasteiger partial charge in [-0.1, -0.05) is 32.6 Å². The summed E-state index contributed by atoms with van der Waals surface area (Å²) in [6.07, 6.45) is 6.29. The van der Waals surface area contributed by atoms with Gasteiger partial charge in [0, 0.05) is 13.5 Å². The van der Waals surface area contributed by atoms with Gasteiger partial charge in [-0.05, 0) is 6.42 Å². The number of hydrogen-bond acceptors (Lipinski definition) is 2. The van der Waals surface area contributed by atoms with Gasteiger partial charge in [0.1, 0.15) is 0 Å². The lowest BCUT2D eigenvalue weighted by molar-refractivity contribution is -0.119. The molecule has 3 nitrogen and oxygen atoms in total. The Morgan fingerprint density at radius 2 is 1.83 bits per heavy atom. The first-order valence-electron chi connectivity index (χ1n) is 4.76. The molecule has 0 aliphatic heterocycles. The van der Waals surface area contributed by atoms with Crippen molar-refractivity contribution in [2.45, 2.75) is 46.0 Å². The van der Waals surface area contributed by atoms with Crippen LogP contribution in [0.15, 0.2) is 0 Å². The van der Waals surface area contributed by atoms with Crippen molar-refractivity contribution in [2.24, 2.45) is 0 Å². The predicted molar refractivity (Wildman–Crippen MR) is 50.6 cm³/mol. The molecule has 0 aromatic carbocycles. The maximum atomic E-state index is 10.4. The molecule has 0 rings (SSSR count). The monoisotopic (exact) mass is 172 g/mol. The molecular weight excluding hydrogens is 152 g/mol. The number of nitrogens with one attached hydrogen (secondary N) is 2. The van der Waals surface area contributed by atoms with Crippen molar-refractivity contribution >= 4 is 5.91 Å². The Bertz CT molecular complexity index is 115. The van der Waals surface area contributed by atoms with E-state index < -0.39 is 0 Å². The van der Waals surface area contributed by atoms with Crippen LogP contribution in [0.4, 0.5) is 0 Å². The van der Waals surface area contributed by atoms with E-state index in [1.807, 2.05) is 0 Å². The van der Waals surface area contributed by atoms with Crippen molar-refractivity contribution < 1.29 is 4.79 Å². The number of carbonyl (C=O) groups is 1. The predicted octanol–water partition coefficient (Wildman–Crippen LogP) is 1.60. The summed E-state index contributed by atoms with van der Waals surface area (Å²) in [6, 6.07) is 0. The van der Waals surface area contributed by atoms with Crippen LogP contribution in [0.25, 0.3) is 0 Å². The average Bonchev–Trinajstić information content (AvgIpc) is 2.02. The number of amides is 1. The second-order valence-electron chi connectivity index (χ2n) is 3.02. The highest BCUT2D eigenvalue weighted by Crippen LogP contribution is 2.00. The Morgan fingerprint density at radius 1 is 1.17 bits per heavy atom. The Hall–Kier alpha value is -0.570. The molecule has 0 aromatic heterocycles. The van der Waals surface area contributed by atoms with Crippen LogP contribution in [0, 0.1) is 0 Å². The van der Waals surface area contributed by atoms with Crippen molar-refractivity contribution in [3.8, 4) is 0 Å². The van der Waals surface area contributed by atoms with E-state index in [-0.39, 0.29) is 5.91 Å². The molecule has 72 valence electrons. The Kier molecular flexibility index (Phi) is 8.12. The van der Waals surface area contributed by atoms with Gasteiger partial charge in [0.05, 0.1) is 0 Å². The molecule has 0 heterocycles. The van der Waals surface area contributed by atoms with Crippen LogP contribution in [0.2, 0.25) is 0 Å². The van der Waals surface area contributed by atoms with E-state index in [0.29, 0.717) is 0 Å². The maximum absolute atomic E-state index is 10.4. The largest absolute Gasteiger partial charge is 0.292 e. The molecule has 0 bridgehead atoms. The molecular formula is C9H20N2O. The molecule has 0 fully saturated rings. The van der Waals surface area contributed by atoms with E-state index in [9.17, 15) is 4.79 Å². The van der Waals surface area contributed by atoms with E-state index in [2.05, 4.69) is 17.8 Å². The smallest absolute Gasteiger partial charge is 0.230 e. The normalized spacial score (nSPS) is 9.83. The van der Waals surface area contributed by atoms with Gasteiger partial charge in [0.15, 0.2) is 0 Å².